The Morgan fingerprint density at radius 3 is 2.44 bits per heavy atom. The molecule has 0 radical (unpaired) electrons. The fourth-order valence-corrected chi connectivity index (χ4v) is 2.23. The van der Waals surface area contributed by atoms with Crippen LogP contribution in [0.2, 0.25) is 15.1 Å². The summed E-state index contributed by atoms with van der Waals surface area (Å²) in [6.45, 7) is 1.85. The van der Waals surface area contributed by atoms with Gasteiger partial charge in [-0.05, 0) is 36.8 Å². The minimum absolute atomic E-state index is 0.226. The van der Waals surface area contributed by atoms with Crippen LogP contribution in [0.15, 0.2) is 36.4 Å². The predicted molar refractivity (Wildman–Crippen MR) is 76.1 cm³/mol. The fourth-order valence-electron chi connectivity index (χ4n) is 1.64. The zero-order valence-electron chi connectivity index (χ0n) is 9.51. The van der Waals surface area contributed by atoms with Crippen molar-refractivity contribution in [3.8, 4) is 0 Å². The summed E-state index contributed by atoms with van der Waals surface area (Å²) in [5.41, 5.74) is 1.64. The first-order valence-corrected chi connectivity index (χ1v) is 6.39. The largest absolute Gasteiger partial charge is 0.288 e. The molecule has 4 heteroatoms. The average molecular weight is 300 g/mol. The monoisotopic (exact) mass is 298 g/mol. The Kier molecular flexibility index (Phi) is 3.96. The summed E-state index contributed by atoms with van der Waals surface area (Å²) < 4.78 is 0. The lowest BCUT2D eigenvalue weighted by molar-refractivity contribution is 0.103. The molecule has 2 aromatic rings. The van der Waals surface area contributed by atoms with Crippen LogP contribution in [0.1, 0.15) is 21.5 Å². The number of rotatable bonds is 2. The van der Waals surface area contributed by atoms with Crippen molar-refractivity contribution >= 4 is 40.6 Å². The summed E-state index contributed by atoms with van der Waals surface area (Å²) in [6, 6.07) is 10.1. The molecule has 2 aromatic carbocycles. The lowest BCUT2D eigenvalue weighted by Crippen LogP contribution is -2.03. The minimum atomic E-state index is -0.226. The van der Waals surface area contributed by atoms with Gasteiger partial charge in [-0.3, -0.25) is 4.79 Å². The molecule has 0 amide bonds. The van der Waals surface area contributed by atoms with E-state index in [0.717, 1.165) is 5.56 Å². The zero-order chi connectivity index (χ0) is 13.3. The Morgan fingerprint density at radius 1 is 1.00 bits per heavy atom. The third kappa shape index (κ3) is 2.54. The molecule has 2 rings (SSSR count). The van der Waals surface area contributed by atoms with E-state index < -0.39 is 0 Å². The van der Waals surface area contributed by atoms with Crippen LogP contribution in [0.4, 0.5) is 0 Å². The van der Waals surface area contributed by atoms with Crippen LogP contribution in [0.3, 0.4) is 0 Å². The van der Waals surface area contributed by atoms with Gasteiger partial charge in [0.2, 0.25) is 0 Å². The third-order valence-electron chi connectivity index (χ3n) is 2.61. The highest BCUT2D eigenvalue weighted by molar-refractivity contribution is 6.39. The van der Waals surface area contributed by atoms with E-state index in [1.165, 1.54) is 0 Å². The molecule has 0 saturated heterocycles. The molecule has 0 N–H and O–H groups in total. The van der Waals surface area contributed by atoms with Gasteiger partial charge in [0.15, 0.2) is 5.78 Å². The van der Waals surface area contributed by atoms with Gasteiger partial charge in [-0.15, -0.1) is 0 Å². The van der Waals surface area contributed by atoms with Crippen LogP contribution in [0.25, 0.3) is 0 Å². The molecule has 0 bridgehead atoms. The molecule has 92 valence electrons. The average Bonchev–Trinajstić information content (AvgIpc) is 2.35. The van der Waals surface area contributed by atoms with Gasteiger partial charge in [0.1, 0.15) is 0 Å². The SMILES string of the molecule is Cc1cccc(C(=O)c2cc(Cl)ccc2Cl)c1Cl. The molecule has 0 aliphatic carbocycles. The molecule has 0 atom stereocenters. The Labute approximate surface area is 120 Å². The van der Waals surface area contributed by atoms with Crippen LogP contribution in [0, 0.1) is 6.92 Å². The molecular formula is C14H9Cl3O. The smallest absolute Gasteiger partial charge is 0.196 e. The first-order valence-electron chi connectivity index (χ1n) is 5.25. The fraction of sp³-hybridized carbons (Fsp3) is 0.0714. The van der Waals surface area contributed by atoms with E-state index in [4.69, 9.17) is 34.8 Å². The van der Waals surface area contributed by atoms with E-state index in [2.05, 4.69) is 0 Å². The highest BCUT2D eigenvalue weighted by Crippen LogP contribution is 2.27. The normalized spacial score (nSPS) is 10.4. The number of carbonyl (C=O) groups excluding carboxylic acids is 1. The predicted octanol–water partition coefficient (Wildman–Crippen LogP) is 5.19. The van der Waals surface area contributed by atoms with Crippen molar-refractivity contribution < 1.29 is 4.79 Å². The summed E-state index contributed by atoms with van der Waals surface area (Å²) in [5, 5.41) is 1.27. The number of aryl methyl sites for hydroxylation is 1. The van der Waals surface area contributed by atoms with Crippen molar-refractivity contribution in [2.75, 3.05) is 0 Å². The van der Waals surface area contributed by atoms with Gasteiger partial charge in [0, 0.05) is 16.1 Å². The molecule has 0 fully saturated rings. The first kappa shape index (κ1) is 13.4. The highest BCUT2D eigenvalue weighted by Gasteiger charge is 2.17. The summed E-state index contributed by atoms with van der Waals surface area (Å²) in [6.07, 6.45) is 0. The maximum atomic E-state index is 12.4. The van der Waals surface area contributed by atoms with Gasteiger partial charge >= 0.3 is 0 Å². The maximum Gasteiger partial charge on any atom is 0.196 e. The van der Waals surface area contributed by atoms with Crippen LogP contribution < -0.4 is 0 Å². The van der Waals surface area contributed by atoms with Crippen LogP contribution in [-0.4, -0.2) is 5.78 Å². The molecule has 0 aliphatic rings. The van der Waals surface area contributed by atoms with Gasteiger partial charge in [-0.2, -0.15) is 0 Å². The number of halogens is 3. The van der Waals surface area contributed by atoms with Gasteiger partial charge < -0.3 is 0 Å². The van der Waals surface area contributed by atoms with Gasteiger partial charge in [0.25, 0.3) is 0 Å². The molecule has 0 aromatic heterocycles. The molecule has 18 heavy (non-hydrogen) atoms. The first-order chi connectivity index (χ1) is 8.50. The van der Waals surface area contributed by atoms with Gasteiger partial charge in [0.05, 0.1) is 10.0 Å². The summed E-state index contributed by atoms with van der Waals surface area (Å²) >= 11 is 18.0. The number of ketones is 1. The second kappa shape index (κ2) is 5.31. The van der Waals surface area contributed by atoms with E-state index in [-0.39, 0.29) is 5.78 Å². The van der Waals surface area contributed by atoms with Crippen LogP contribution in [0.5, 0.6) is 0 Å². The lowest BCUT2D eigenvalue weighted by Gasteiger charge is -2.07. The van der Waals surface area contributed by atoms with E-state index in [9.17, 15) is 4.79 Å². The van der Waals surface area contributed by atoms with Gasteiger partial charge in [-0.25, -0.2) is 0 Å². The maximum absolute atomic E-state index is 12.4. The highest BCUT2D eigenvalue weighted by atomic mass is 35.5. The van der Waals surface area contributed by atoms with E-state index in [1.54, 1.807) is 30.3 Å². The minimum Gasteiger partial charge on any atom is -0.288 e. The quantitative estimate of drug-likeness (QED) is 0.698. The third-order valence-corrected chi connectivity index (χ3v) is 3.68. The van der Waals surface area contributed by atoms with Crippen LogP contribution >= 0.6 is 34.8 Å². The molecule has 1 nitrogen and oxygen atoms in total. The standard InChI is InChI=1S/C14H9Cl3O/c1-8-3-2-4-10(13(8)17)14(18)11-7-9(15)5-6-12(11)16/h2-7H,1H3. The van der Waals surface area contributed by atoms with E-state index in [0.29, 0.717) is 26.2 Å². The zero-order valence-corrected chi connectivity index (χ0v) is 11.8. The Balaban J connectivity index is 2.55. The lowest BCUT2D eigenvalue weighted by atomic mass is 10.0. The second-order valence-corrected chi connectivity index (χ2v) is 5.11. The van der Waals surface area contributed by atoms with Crippen LogP contribution in [-0.2, 0) is 0 Å². The second-order valence-electron chi connectivity index (χ2n) is 3.89. The summed E-state index contributed by atoms with van der Waals surface area (Å²) in [7, 11) is 0. The van der Waals surface area contributed by atoms with Crippen molar-refractivity contribution in [3.05, 3.63) is 68.2 Å². The Morgan fingerprint density at radius 2 is 1.72 bits per heavy atom. The van der Waals surface area contributed by atoms with E-state index >= 15 is 0 Å². The Bertz CT molecular complexity index is 616. The number of hydrogen-bond donors (Lipinski definition) is 0. The van der Waals surface area contributed by atoms with Crippen molar-refractivity contribution in [2.45, 2.75) is 6.92 Å². The Hall–Kier alpha value is -1.02. The van der Waals surface area contributed by atoms with E-state index in [1.807, 2.05) is 13.0 Å². The van der Waals surface area contributed by atoms with Crippen molar-refractivity contribution in [3.63, 3.8) is 0 Å². The molecular weight excluding hydrogens is 291 g/mol. The molecule has 0 heterocycles. The number of benzene rings is 2. The summed E-state index contributed by atoms with van der Waals surface area (Å²) in [5.74, 6) is -0.226. The van der Waals surface area contributed by atoms with Gasteiger partial charge in [-0.1, -0.05) is 46.9 Å². The van der Waals surface area contributed by atoms with Crippen molar-refractivity contribution in [2.24, 2.45) is 0 Å². The molecule has 0 saturated carbocycles. The molecule has 0 spiro atoms. The molecule has 0 aliphatic heterocycles. The topological polar surface area (TPSA) is 17.1 Å². The number of carbonyl (C=O) groups is 1. The molecule has 0 unspecified atom stereocenters. The van der Waals surface area contributed by atoms with Crippen molar-refractivity contribution in [1.29, 1.82) is 0 Å². The van der Waals surface area contributed by atoms with Crippen molar-refractivity contribution in [1.82, 2.24) is 0 Å². The summed E-state index contributed by atoms with van der Waals surface area (Å²) in [4.78, 5) is 12.4. The number of hydrogen-bond acceptors (Lipinski definition) is 1.